The van der Waals surface area contributed by atoms with Crippen LogP contribution in [0.3, 0.4) is 0 Å². The number of carbonyl (C=O) groups excluding carboxylic acids is 1. The third-order valence-corrected chi connectivity index (χ3v) is 6.34. The van der Waals surface area contributed by atoms with Gasteiger partial charge in [-0.2, -0.15) is 4.98 Å². The number of thioether (sulfide) groups is 1. The number of amides is 1. The molecule has 1 aromatic heterocycles. The maximum Gasteiger partial charge on any atom is 0.236 e. The molecule has 2 heterocycles. The molecule has 6 heteroatoms. The van der Waals surface area contributed by atoms with Gasteiger partial charge in [-0.15, -0.1) is 11.8 Å². The monoisotopic (exact) mass is 335 g/mol. The van der Waals surface area contributed by atoms with E-state index in [4.69, 9.17) is 4.52 Å². The molecule has 23 heavy (non-hydrogen) atoms. The molecule has 2 saturated carbocycles. The summed E-state index contributed by atoms with van der Waals surface area (Å²) in [5.41, 5.74) is 0. The maximum absolute atomic E-state index is 12.6. The highest BCUT2D eigenvalue weighted by molar-refractivity contribution is 7.99. The van der Waals surface area contributed by atoms with Gasteiger partial charge in [-0.05, 0) is 44.4 Å². The zero-order valence-electron chi connectivity index (χ0n) is 13.6. The van der Waals surface area contributed by atoms with Crippen LogP contribution < -0.4 is 0 Å². The van der Waals surface area contributed by atoms with Crippen molar-refractivity contribution in [1.82, 2.24) is 15.0 Å². The second-order valence-corrected chi connectivity index (χ2v) is 8.14. The van der Waals surface area contributed by atoms with E-state index in [1.165, 1.54) is 51.4 Å². The summed E-state index contributed by atoms with van der Waals surface area (Å²) in [4.78, 5) is 19.2. The average Bonchev–Trinajstić information content (AvgIpc) is 3.33. The normalized spacial score (nSPS) is 27.7. The molecule has 3 fully saturated rings. The Morgan fingerprint density at radius 1 is 1.17 bits per heavy atom. The number of nitrogens with zero attached hydrogens (tertiary/aromatic N) is 3. The molecule has 5 nitrogen and oxygen atoms in total. The van der Waals surface area contributed by atoms with E-state index in [2.05, 4.69) is 15.0 Å². The van der Waals surface area contributed by atoms with Gasteiger partial charge in [0.15, 0.2) is 5.82 Å². The molecule has 0 bridgehead atoms. The van der Waals surface area contributed by atoms with Gasteiger partial charge < -0.3 is 9.42 Å². The highest BCUT2D eigenvalue weighted by Gasteiger charge is 2.35. The van der Waals surface area contributed by atoms with E-state index in [1.807, 2.05) is 0 Å². The molecule has 2 aliphatic carbocycles. The minimum absolute atomic E-state index is 0.300. The topological polar surface area (TPSA) is 59.2 Å². The molecule has 0 radical (unpaired) electrons. The van der Waals surface area contributed by atoms with E-state index < -0.39 is 0 Å². The molecule has 1 aromatic rings. The first kappa shape index (κ1) is 15.5. The fourth-order valence-corrected chi connectivity index (χ4v) is 4.81. The minimum atomic E-state index is 0.300. The lowest BCUT2D eigenvalue weighted by Gasteiger charge is -2.44. The molecular weight excluding hydrogens is 310 g/mol. The SMILES string of the molecule is O=C(CSCc1nc(C2CC2)no1)N1CCC[C@@H]2CCCC[C@H]21. The van der Waals surface area contributed by atoms with Crippen LogP contribution in [0.2, 0.25) is 0 Å². The molecule has 0 aromatic carbocycles. The van der Waals surface area contributed by atoms with Gasteiger partial charge in [0.2, 0.25) is 11.8 Å². The van der Waals surface area contributed by atoms with Crippen molar-refractivity contribution < 1.29 is 9.32 Å². The van der Waals surface area contributed by atoms with Crippen LogP contribution in [0.4, 0.5) is 0 Å². The Kier molecular flexibility index (Phi) is 4.60. The molecule has 1 amide bonds. The van der Waals surface area contributed by atoms with Gasteiger partial charge in [0.1, 0.15) is 0 Å². The van der Waals surface area contributed by atoms with E-state index in [9.17, 15) is 4.79 Å². The van der Waals surface area contributed by atoms with Crippen LogP contribution >= 0.6 is 11.8 Å². The Hall–Kier alpha value is -1.04. The maximum atomic E-state index is 12.6. The molecular formula is C17H25N3O2S. The van der Waals surface area contributed by atoms with Crippen molar-refractivity contribution in [3.63, 3.8) is 0 Å². The van der Waals surface area contributed by atoms with E-state index in [-0.39, 0.29) is 0 Å². The Bertz CT molecular complexity index is 556. The first-order valence-electron chi connectivity index (χ1n) is 9.01. The Balaban J connectivity index is 1.27. The molecule has 1 aliphatic heterocycles. The summed E-state index contributed by atoms with van der Waals surface area (Å²) >= 11 is 1.61. The van der Waals surface area contributed by atoms with Gasteiger partial charge >= 0.3 is 0 Å². The van der Waals surface area contributed by atoms with E-state index in [0.29, 0.717) is 35.3 Å². The van der Waals surface area contributed by atoms with Crippen LogP contribution in [-0.4, -0.2) is 39.3 Å². The van der Waals surface area contributed by atoms with Gasteiger partial charge in [-0.1, -0.05) is 18.0 Å². The van der Waals surface area contributed by atoms with Crippen molar-refractivity contribution in [2.75, 3.05) is 12.3 Å². The van der Waals surface area contributed by atoms with Gasteiger partial charge in [0.25, 0.3) is 0 Å². The Labute approximate surface area is 141 Å². The highest BCUT2D eigenvalue weighted by Crippen LogP contribution is 2.38. The second-order valence-electron chi connectivity index (χ2n) is 7.15. The van der Waals surface area contributed by atoms with Gasteiger partial charge in [0, 0.05) is 18.5 Å². The summed E-state index contributed by atoms with van der Waals surface area (Å²) in [6.45, 7) is 0.951. The van der Waals surface area contributed by atoms with Crippen LogP contribution in [0.15, 0.2) is 4.52 Å². The molecule has 2 atom stereocenters. The molecule has 1 saturated heterocycles. The van der Waals surface area contributed by atoms with Crippen molar-refractivity contribution in [2.45, 2.75) is 69.1 Å². The lowest BCUT2D eigenvalue weighted by Crippen LogP contribution is -2.50. The third-order valence-electron chi connectivity index (χ3n) is 5.44. The number of piperidine rings is 1. The van der Waals surface area contributed by atoms with Gasteiger partial charge in [0.05, 0.1) is 11.5 Å². The van der Waals surface area contributed by atoms with Crippen molar-refractivity contribution in [3.05, 3.63) is 11.7 Å². The van der Waals surface area contributed by atoms with Crippen molar-refractivity contribution in [3.8, 4) is 0 Å². The van der Waals surface area contributed by atoms with Crippen LogP contribution in [0, 0.1) is 5.92 Å². The molecule has 126 valence electrons. The van der Waals surface area contributed by atoms with Gasteiger partial charge in [-0.3, -0.25) is 4.79 Å². The minimum Gasteiger partial charge on any atom is -0.339 e. The molecule has 0 unspecified atom stereocenters. The summed E-state index contributed by atoms with van der Waals surface area (Å²) in [5.74, 6) is 4.28. The average molecular weight is 335 g/mol. The quantitative estimate of drug-likeness (QED) is 0.826. The predicted octanol–water partition coefficient (Wildman–Crippen LogP) is 3.36. The van der Waals surface area contributed by atoms with Crippen LogP contribution in [0.25, 0.3) is 0 Å². The van der Waals surface area contributed by atoms with E-state index >= 15 is 0 Å². The molecule has 3 aliphatic rings. The fourth-order valence-electron chi connectivity index (χ4n) is 4.08. The number of hydrogen-bond donors (Lipinski definition) is 0. The highest BCUT2D eigenvalue weighted by atomic mass is 32.2. The van der Waals surface area contributed by atoms with Crippen LogP contribution in [0.5, 0.6) is 0 Å². The van der Waals surface area contributed by atoms with Gasteiger partial charge in [-0.25, -0.2) is 0 Å². The Morgan fingerprint density at radius 3 is 2.87 bits per heavy atom. The van der Waals surface area contributed by atoms with E-state index in [1.54, 1.807) is 11.8 Å². The lowest BCUT2D eigenvalue weighted by molar-refractivity contribution is -0.134. The smallest absolute Gasteiger partial charge is 0.236 e. The fraction of sp³-hybridized carbons (Fsp3) is 0.824. The second kappa shape index (κ2) is 6.83. The summed E-state index contributed by atoms with van der Waals surface area (Å²) in [5, 5.41) is 4.02. The molecule has 4 rings (SSSR count). The zero-order valence-corrected chi connectivity index (χ0v) is 14.4. The summed E-state index contributed by atoms with van der Waals surface area (Å²) in [7, 11) is 0. The number of aromatic nitrogens is 2. The van der Waals surface area contributed by atoms with Crippen LogP contribution in [-0.2, 0) is 10.5 Å². The number of hydrogen-bond acceptors (Lipinski definition) is 5. The number of likely N-dealkylation sites (tertiary alicyclic amines) is 1. The van der Waals surface area contributed by atoms with Crippen molar-refractivity contribution in [1.29, 1.82) is 0 Å². The number of carbonyl (C=O) groups is 1. The van der Waals surface area contributed by atoms with Crippen molar-refractivity contribution in [2.24, 2.45) is 5.92 Å². The standard InChI is InChI=1S/C17H25N3O2S/c21-16(20-9-3-5-12-4-1-2-6-14(12)20)11-23-10-15-18-17(19-22-15)13-7-8-13/h12-14H,1-11H2/t12-,14+/m0/s1. The first-order valence-corrected chi connectivity index (χ1v) is 10.2. The summed E-state index contributed by atoms with van der Waals surface area (Å²) < 4.78 is 5.27. The molecule has 0 N–H and O–H groups in total. The number of rotatable bonds is 5. The van der Waals surface area contributed by atoms with Crippen LogP contribution in [0.1, 0.15) is 69.0 Å². The summed E-state index contributed by atoms with van der Waals surface area (Å²) in [6, 6.07) is 0.510. The summed E-state index contributed by atoms with van der Waals surface area (Å²) in [6.07, 6.45) is 10.00. The van der Waals surface area contributed by atoms with E-state index in [0.717, 1.165) is 18.3 Å². The Morgan fingerprint density at radius 2 is 2.00 bits per heavy atom. The predicted molar refractivity (Wildman–Crippen MR) is 89.1 cm³/mol. The number of fused-ring (bicyclic) bond motifs is 1. The third kappa shape index (κ3) is 3.57. The largest absolute Gasteiger partial charge is 0.339 e. The first-order chi connectivity index (χ1) is 11.3. The van der Waals surface area contributed by atoms with Crippen molar-refractivity contribution >= 4 is 17.7 Å². The lowest BCUT2D eigenvalue weighted by atomic mass is 9.78. The molecule has 0 spiro atoms. The zero-order chi connectivity index (χ0) is 15.6.